The van der Waals surface area contributed by atoms with Crippen molar-refractivity contribution < 1.29 is 28.6 Å². The Morgan fingerprint density at radius 2 is 1.56 bits per heavy atom. The fourth-order valence-corrected chi connectivity index (χ4v) is 5.07. The summed E-state index contributed by atoms with van der Waals surface area (Å²) in [6, 6.07) is 16.3. The first-order valence-corrected chi connectivity index (χ1v) is 12.8. The van der Waals surface area contributed by atoms with Crippen LogP contribution in [0.15, 0.2) is 71.2 Å². The van der Waals surface area contributed by atoms with Crippen molar-refractivity contribution >= 4 is 34.0 Å². The van der Waals surface area contributed by atoms with Gasteiger partial charge >= 0.3 is 23.9 Å². The quantitative estimate of drug-likeness (QED) is 0.417. The number of carbonyl (C=O) groups excluding carboxylic acids is 3. The average molecular weight is 557 g/mol. The van der Waals surface area contributed by atoms with E-state index in [2.05, 4.69) is 34.7 Å². The van der Waals surface area contributed by atoms with Crippen LogP contribution >= 0.6 is 15.9 Å². The van der Waals surface area contributed by atoms with E-state index in [4.69, 9.17) is 14.2 Å². The number of amides is 1. The summed E-state index contributed by atoms with van der Waals surface area (Å²) < 4.78 is 18.2. The number of nitrogens with zero attached hydrogens (tertiary/aromatic N) is 2. The third-order valence-corrected chi connectivity index (χ3v) is 7.28. The van der Waals surface area contributed by atoms with Crippen molar-refractivity contribution in [1.29, 1.82) is 0 Å². The normalized spacial score (nSPS) is 19.7. The monoisotopic (exact) mass is 556 g/mol. The molecule has 0 N–H and O–H groups in total. The van der Waals surface area contributed by atoms with E-state index in [1.54, 1.807) is 0 Å². The van der Waals surface area contributed by atoms with E-state index in [0.717, 1.165) is 40.8 Å². The van der Waals surface area contributed by atoms with Crippen molar-refractivity contribution in [3.63, 3.8) is 0 Å². The lowest BCUT2D eigenvalue weighted by Crippen LogP contribution is -2.58. The van der Waals surface area contributed by atoms with E-state index in [-0.39, 0.29) is 6.42 Å². The molecule has 0 aliphatic carbocycles. The second kappa shape index (κ2) is 11.3. The van der Waals surface area contributed by atoms with Crippen molar-refractivity contribution in [2.45, 2.75) is 44.7 Å². The largest absolute Gasteiger partial charge is 0.435 e. The molecule has 2 aliphatic heterocycles. The highest BCUT2D eigenvalue weighted by atomic mass is 79.9. The molecule has 1 fully saturated rings. The Morgan fingerprint density at radius 3 is 2.17 bits per heavy atom. The van der Waals surface area contributed by atoms with Crippen LogP contribution in [0.5, 0.6) is 0 Å². The first-order chi connectivity index (χ1) is 17.4. The molecule has 36 heavy (non-hydrogen) atoms. The van der Waals surface area contributed by atoms with Gasteiger partial charge in [0.15, 0.2) is 0 Å². The van der Waals surface area contributed by atoms with Gasteiger partial charge in [0.05, 0.1) is 6.04 Å². The number of hydrogen-bond acceptors (Lipinski definition) is 7. The van der Waals surface area contributed by atoms with Gasteiger partial charge in [-0.25, -0.2) is 19.3 Å². The summed E-state index contributed by atoms with van der Waals surface area (Å²) in [5.74, 6) is -3.66. The lowest BCUT2D eigenvalue weighted by molar-refractivity contribution is -0.284. The lowest BCUT2D eigenvalue weighted by atomic mass is 9.99. The van der Waals surface area contributed by atoms with Crippen LogP contribution in [-0.2, 0) is 30.2 Å². The summed E-state index contributed by atoms with van der Waals surface area (Å²) in [7, 11) is 0. The van der Waals surface area contributed by atoms with Crippen LogP contribution in [0.25, 0.3) is 0 Å². The number of benzene rings is 2. The van der Waals surface area contributed by atoms with Gasteiger partial charge in [-0.3, -0.25) is 0 Å². The fourth-order valence-electron chi connectivity index (χ4n) is 4.62. The van der Waals surface area contributed by atoms with E-state index in [1.165, 1.54) is 4.90 Å². The molecule has 0 radical (unpaired) electrons. The summed E-state index contributed by atoms with van der Waals surface area (Å²) in [4.78, 5) is 42.4. The van der Waals surface area contributed by atoms with Gasteiger partial charge in [-0.15, -0.1) is 0 Å². The second-order valence-electron chi connectivity index (χ2n) is 8.59. The molecule has 2 aromatic rings. The zero-order chi connectivity index (χ0) is 25.7. The summed E-state index contributed by atoms with van der Waals surface area (Å²) in [6.07, 6.45) is 0.857. The van der Waals surface area contributed by atoms with E-state index in [9.17, 15) is 14.4 Å². The third-order valence-electron chi connectivity index (χ3n) is 6.50. The molecule has 1 saturated heterocycles. The summed E-state index contributed by atoms with van der Waals surface area (Å²) in [5, 5.41) is 0. The maximum absolute atomic E-state index is 13.5. The number of cyclic esters (lactones) is 1. The van der Waals surface area contributed by atoms with Gasteiger partial charge in [0.2, 0.25) is 6.10 Å². The summed E-state index contributed by atoms with van der Waals surface area (Å²) >= 11 is 3.52. The van der Waals surface area contributed by atoms with Gasteiger partial charge in [0, 0.05) is 29.6 Å². The highest BCUT2D eigenvalue weighted by molar-refractivity contribution is 9.10. The molecular formula is C27H29BrN2O6. The molecule has 2 unspecified atom stereocenters. The predicted octanol–water partition coefficient (Wildman–Crippen LogP) is 4.60. The minimum absolute atomic E-state index is 0.155. The highest BCUT2D eigenvalue weighted by Crippen LogP contribution is 2.44. The van der Waals surface area contributed by atoms with Crippen molar-refractivity contribution in [1.82, 2.24) is 9.80 Å². The van der Waals surface area contributed by atoms with Crippen LogP contribution in [0.2, 0.25) is 0 Å². The molecular weight excluding hydrogens is 528 g/mol. The minimum atomic E-state index is -2.08. The Morgan fingerprint density at radius 1 is 0.944 bits per heavy atom. The van der Waals surface area contributed by atoms with Gasteiger partial charge in [0.25, 0.3) is 0 Å². The number of ether oxygens (including phenoxy) is 3. The van der Waals surface area contributed by atoms with Gasteiger partial charge in [-0.05, 0) is 36.7 Å². The molecule has 1 spiro atoms. The number of hydrogen-bond donors (Lipinski definition) is 0. The van der Waals surface area contributed by atoms with E-state index in [1.807, 2.05) is 54.6 Å². The number of esters is 2. The maximum Gasteiger partial charge on any atom is 0.417 e. The van der Waals surface area contributed by atoms with E-state index < -0.39 is 36.1 Å². The molecule has 0 saturated carbocycles. The smallest absolute Gasteiger partial charge is 0.417 e. The van der Waals surface area contributed by atoms with Crippen LogP contribution in [0.4, 0.5) is 4.79 Å². The topological polar surface area (TPSA) is 85.4 Å². The first kappa shape index (κ1) is 25.9. The third kappa shape index (κ3) is 5.32. The number of rotatable bonds is 9. The highest BCUT2D eigenvalue weighted by Gasteiger charge is 2.64. The van der Waals surface area contributed by atoms with Crippen molar-refractivity contribution in [3.8, 4) is 0 Å². The molecule has 2 heterocycles. The molecule has 4 rings (SSSR count). The van der Waals surface area contributed by atoms with Crippen molar-refractivity contribution in [2.24, 2.45) is 0 Å². The van der Waals surface area contributed by atoms with E-state index in [0.29, 0.717) is 13.0 Å². The fraction of sp³-hybridized carbons (Fsp3) is 0.370. The number of halogens is 1. The molecule has 1 amide bonds. The first-order valence-electron chi connectivity index (χ1n) is 12.0. The van der Waals surface area contributed by atoms with Gasteiger partial charge in [0.1, 0.15) is 0 Å². The second-order valence-corrected chi connectivity index (χ2v) is 9.44. The van der Waals surface area contributed by atoms with Crippen LogP contribution in [0.1, 0.15) is 37.4 Å². The van der Waals surface area contributed by atoms with E-state index >= 15 is 0 Å². The Kier molecular flexibility index (Phi) is 8.11. The number of carbonyl (C=O) groups is 3. The van der Waals surface area contributed by atoms with Crippen LogP contribution < -0.4 is 0 Å². The SMILES string of the molecule is CCN(CC)CCC(c1ccccc1)N1C(=O)OC(Cc2ccccc2Br)C12OC(=O)C=CC(=O)O2. The van der Waals surface area contributed by atoms with Crippen molar-refractivity contribution in [3.05, 3.63) is 82.3 Å². The predicted molar refractivity (Wildman–Crippen MR) is 136 cm³/mol. The molecule has 8 nitrogen and oxygen atoms in total. The zero-order valence-electron chi connectivity index (χ0n) is 20.3. The molecule has 2 atom stereocenters. The Hall–Kier alpha value is -3.17. The van der Waals surface area contributed by atoms with Crippen LogP contribution in [-0.4, -0.2) is 59.5 Å². The van der Waals surface area contributed by atoms with Gasteiger partial charge < -0.3 is 19.1 Å². The molecule has 0 aromatic heterocycles. The molecule has 190 valence electrons. The maximum atomic E-state index is 13.5. The van der Waals surface area contributed by atoms with Crippen molar-refractivity contribution in [2.75, 3.05) is 19.6 Å². The summed E-state index contributed by atoms with van der Waals surface area (Å²) in [6.45, 7) is 6.49. The van der Waals surface area contributed by atoms with Gasteiger partial charge in [-0.2, -0.15) is 0 Å². The van der Waals surface area contributed by atoms with Crippen LogP contribution in [0, 0.1) is 0 Å². The standard InChI is InChI=1S/C27H29BrN2O6/c1-3-29(4-2)17-16-22(19-10-6-5-7-11-19)30-26(33)34-23(18-20-12-8-9-13-21(20)28)27(30)35-24(31)14-15-25(32)36-27/h5-15,22-23H,3-4,16-18H2,1-2H3. The average Bonchev–Trinajstić information content (AvgIpc) is 3.01. The van der Waals surface area contributed by atoms with Crippen LogP contribution in [0.3, 0.4) is 0 Å². The zero-order valence-corrected chi connectivity index (χ0v) is 21.8. The molecule has 9 heteroatoms. The van der Waals surface area contributed by atoms with Gasteiger partial charge in [-0.1, -0.05) is 78.3 Å². The molecule has 2 aliphatic rings. The Labute approximate surface area is 218 Å². The Bertz CT molecular complexity index is 1110. The minimum Gasteiger partial charge on any atom is -0.435 e. The lowest BCUT2D eigenvalue weighted by Gasteiger charge is -2.40. The summed E-state index contributed by atoms with van der Waals surface area (Å²) in [5.41, 5.74) is 1.62. The molecule has 0 bridgehead atoms. The Balaban J connectivity index is 1.80. The molecule has 2 aromatic carbocycles.